The maximum Gasteiger partial charge on any atom is 0.130 e. The lowest BCUT2D eigenvalue weighted by atomic mass is 10.3. The molecule has 0 bridgehead atoms. The van der Waals surface area contributed by atoms with E-state index in [2.05, 4.69) is 10.3 Å². The van der Waals surface area contributed by atoms with Crippen LogP contribution in [0.1, 0.15) is 0 Å². The molecule has 0 amide bonds. The first-order chi connectivity index (χ1) is 6.84. The minimum atomic E-state index is 0. The van der Waals surface area contributed by atoms with E-state index in [1.54, 1.807) is 6.20 Å². The first kappa shape index (κ1) is 14.6. The van der Waals surface area contributed by atoms with Crippen molar-refractivity contribution >= 4 is 42.0 Å². The number of nitrogens with one attached hydrogen (secondary N) is 1. The lowest BCUT2D eigenvalue weighted by Crippen LogP contribution is -1.92. The van der Waals surface area contributed by atoms with Crippen molar-refractivity contribution in [2.45, 2.75) is 0 Å². The van der Waals surface area contributed by atoms with Crippen molar-refractivity contribution in [3.63, 3.8) is 0 Å². The Morgan fingerprint density at radius 3 is 2.19 bits per heavy atom. The first-order valence-corrected chi connectivity index (χ1v) is 4.38. The summed E-state index contributed by atoms with van der Waals surface area (Å²) in [6.45, 7) is 0. The van der Waals surface area contributed by atoms with Gasteiger partial charge in [-0.3, -0.25) is 0 Å². The molecule has 0 fully saturated rings. The van der Waals surface area contributed by atoms with Crippen molar-refractivity contribution in [2.24, 2.45) is 0 Å². The van der Waals surface area contributed by atoms with Crippen LogP contribution in [0.15, 0.2) is 48.7 Å². The molecule has 86 valence electrons. The molecule has 1 heterocycles. The number of hydrogen-bond acceptors (Lipinski definition) is 3. The minimum Gasteiger partial charge on any atom is -0.399 e. The molecule has 2 rings (SSSR count). The van der Waals surface area contributed by atoms with E-state index in [1.807, 2.05) is 42.5 Å². The fraction of sp³-hybridized carbons (Fsp3) is 0. The molecule has 0 saturated heterocycles. The van der Waals surface area contributed by atoms with Crippen LogP contribution in [0.3, 0.4) is 0 Å². The van der Waals surface area contributed by atoms with Crippen LogP contribution >= 0.6 is 24.8 Å². The molecule has 0 aliphatic rings. The lowest BCUT2D eigenvalue weighted by molar-refractivity contribution is 1.31. The standard InChI is InChI=1S/C11H11N3.2ClH/c12-9-4-6-10(7-5-9)14-11-3-1-2-8-13-11;;/h1-8H,12H2,(H,13,14);2*1H. The van der Waals surface area contributed by atoms with Gasteiger partial charge < -0.3 is 11.1 Å². The second-order valence-electron chi connectivity index (χ2n) is 2.96. The van der Waals surface area contributed by atoms with Crippen LogP contribution in [0, 0.1) is 0 Å². The lowest BCUT2D eigenvalue weighted by Gasteiger charge is -2.04. The number of nitrogen functional groups attached to an aromatic ring is 1. The maximum atomic E-state index is 5.58. The fourth-order valence-corrected chi connectivity index (χ4v) is 1.15. The molecule has 0 atom stereocenters. The SMILES string of the molecule is Cl.Cl.Nc1ccc(Nc2ccccn2)cc1. The molecule has 1 aromatic carbocycles. The van der Waals surface area contributed by atoms with E-state index in [0.717, 1.165) is 17.2 Å². The predicted octanol–water partition coefficient (Wildman–Crippen LogP) is 3.25. The van der Waals surface area contributed by atoms with Gasteiger partial charge in [0.25, 0.3) is 0 Å². The Hall–Kier alpha value is -1.45. The maximum absolute atomic E-state index is 5.58. The van der Waals surface area contributed by atoms with Gasteiger partial charge in [0, 0.05) is 17.6 Å². The Bertz CT molecular complexity index is 403. The molecule has 0 radical (unpaired) electrons. The normalized spacial score (nSPS) is 8.50. The van der Waals surface area contributed by atoms with Crippen LogP contribution < -0.4 is 11.1 Å². The second kappa shape index (κ2) is 6.93. The third kappa shape index (κ3) is 3.96. The first-order valence-electron chi connectivity index (χ1n) is 4.38. The van der Waals surface area contributed by atoms with Gasteiger partial charge in [0.15, 0.2) is 0 Å². The van der Waals surface area contributed by atoms with Crippen molar-refractivity contribution in [2.75, 3.05) is 11.1 Å². The highest BCUT2D eigenvalue weighted by Crippen LogP contribution is 2.15. The molecule has 5 heteroatoms. The number of anilines is 3. The summed E-state index contributed by atoms with van der Waals surface area (Å²) < 4.78 is 0. The number of hydrogen-bond donors (Lipinski definition) is 2. The topological polar surface area (TPSA) is 50.9 Å². The van der Waals surface area contributed by atoms with Gasteiger partial charge in [-0.1, -0.05) is 6.07 Å². The molecule has 0 aliphatic carbocycles. The van der Waals surface area contributed by atoms with Gasteiger partial charge in [0.2, 0.25) is 0 Å². The zero-order valence-electron chi connectivity index (χ0n) is 8.46. The molecule has 0 saturated carbocycles. The molecule has 16 heavy (non-hydrogen) atoms. The highest BCUT2D eigenvalue weighted by molar-refractivity contribution is 5.85. The third-order valence-electron chi connectivity index (χ3n) is 1.85. The van der Waals surface area contributed by atoms with Crippen LogP contribution in [0.2, 0.25) is 0 Å². The second-order valence-corrected chi connectivity index (χ2v) is 2.96. The van der Waals surface area contributed by atoms with E-state index in [1.165, 1.54) is 0 Å². The Kier molecular flexibility index (Phi) is 6.30. The summed E-state index contributed by atoms with van der Waals surface area (Å²) in [5.41, 5.74) is 7.32. The van der Waals surface area contributed by atoms with Crippen molar-refractivity contribution < 1.29 is 0 Å². The van der Waals surface area contributed by atoms with Gasteiger partial charge in [-0.05, 0) is 36.4 Å². The quantitative estimate of drug-likeness (QED) is 0.813. The molecular formula is C11H13Cl2N3. The number of aromatic nitrogens is 1. The molecular weight excluding hydrogens is 245 g/mol. The van der Waals surface area contributed by atoms with Gasteiger partial charge in [-0.2, -0.15) is 0 Å². The zero-order valence-corrected chi connectivity index (χ0v) is 10.1. The molecule has 1 aromatic heterocycles. The number of rotatable bonds is 2. The summed E-state index contributed by atoms with van der Waals surface area (Å²) in [6, 6.07) is 13.3. The average molecular weight is 258 g/mol. The Balaban J connectivity index is 0.00000112. The predicted molar refractivity (Wildman–Crippen MR) is 72.9 cm³/mol. The monoisotopic (exact) mass is 257 g/mol. The van der Waals surface area contributed by atoms with E-state index in [4.69, 9.17) is 5.73 Å². The van der Waals surface area contributed by atoms with Gasteiger partial charge >= 0.3 is 0 Å². The van der Waals surface area contributed by atoms with E-state index >= 15 is 0 Å². The van der Waals surface area contributed by atoms with Crippen LogP contribution in [0.5, 0.6) is 0 Å². The molecule has 0 unspecified atom stereocenters. The average Bonchev–Trinajstić information content (AvgIpc) is 2.23. The van der Waals surface area contributed by atoms with Crippen molar-refractivity contribution in [3.8, 4) is 0 Å². The number of pyridine rings is 1. The van der Waals surface area contributed by atoms with Crippen LogP contribution in [-0.4, -0.2) is 4.98 Å². The van der Waals surface area contributed by atoms with E-state index < -0.39 is 0 Å². The third-order valence-corrected chi connectivity index (χ3v) is 1.85. The Morgan fingerprint density at radius 1 is 0.938 bits per heavy atom. The largest absolute Gasteiger partial charge is 0.399 e. The Morgan fingerprint density at radius 2 is 1.62 bits per heavy atom. The van der Waals surface area contributed by atoms with Gasteiger partial charge in [-0.25, -0.2) is 4.98 Å². The highest BCUT2D eigenvalue weighted by Gasteiger charge is 1.93. The summed E-state index contributed by atoms with van der Waals surface area (Å²) in [5, 5.41) is 3.16. The number of nitrogens with two attached hydrogens (primary N) is 1. The summed E-state index contributed by atoms with van der Waals surface area (Å²) in [4.78, 5) is 4.15. The molecule has 0 aliphatic heterocycles. The zero-order chi connectivity index (χ0) is 9.80. The van der Waals surface area contributed by atoms with Crippen molar-refractivity contribution in [1.82, 2.24) is 4.98 Å². The molecule has 3 nitrogen and oxygen atoms in total. The Labute approximate surface area is 107 Å². The summed E-state index contributed by atoms with van der Waals surface area (Å²) >= 11 is 0. The number of nitrogens with zero attached hydrogens (tertiary/aromatic N) is 1. The van der Waals surface area contributed by atoms with Crippen LogP contribution in [-0.2, 0) is 0 Å². The smallest absolute Gasteiger partial charge is 0.130 e. The minimum absolute atomic E-state index is 0. The number of benzene rings is 1. The number of halogens is 2. The molecule has 2 aromatic rings. The van der Waals surface area contributed by atoms with E-state index in [9.17, 15) is 0 Å². The fourth-order valence-electron chi connectivity index (χ4n) is 1.15. The molecule has 0 spiro atoms. The van der Waals surface area contributed by atoms with E-state index in [0.29, 0.717) is 0 Å². The van der Waals surface area contributed by atoms with Gasteiger partial charge in [0.1, 0.15) is 5.82 Å². The highest BCUT2D eigenvalue weighted by atomic mass is 35.5. The van der Waals surface area contributed by atoms with Gasteiger partial charge in [0.05, 0.1) is 0 Å². The summed E-state index contributed by atoms with van der Waals surface area (Å²) in [6.07, 6.45) is 1.75. The van der Waals surface area contributed by atoms with Crippen LogP contribution in [0.25, 0.3) is 0 Å². The van der Waals surface area contributed by atoms with E-state index in [-0.39, 0.29) is 24.8 Å². The van der Waals surface area contributed by atoms with Crippen molar-refractivity contribution in [1.29, 1.82) is 0 Å². The van der Waals surface area contributed by atoms with Crippen molar-refractivity contribution in [3.05, 3.63) is 48.7 Å². The summed E-state index contributed by atoms with van der Waals surface area (Å²) in [7, 11) is 0. The summed E-state index contributed by atoms with van der Waals surface area (Å²) in [5.74, 6) is 0.831. The van der Waals surface area contributed by atoms with Gasteiger partial charge in [-0.15, -0.1) is 24.8 Å². The van der Waals surface area contributed by atoms with Crippen LogP contribution in [0.4, 0.5) is 17.2 Å². The molecule has 3 N–H and O–H groups in total.